The Labute approximate surface area is 145 Å². The topological polar surface area (TPSA) is 94.1 Å². The largest absolute Gasteiger partial charge is 0.336 e. The van der Waals surface area contributed by atoms with Crippen LogP contribution in [0.25, 0.3) is 11.1 Å². The number of hydrogen-bond acceptors (Lipinski definition) is 6. The molecule has 1 aliphatic heterocycles. The molecule has 0 unspecified atom stereocenters. The van der Waals surface area contributed by atoms with Crippen LogP contribution in [0.2, 0.25) is 0 Å². The lowest BCUT2D eigenvalue weighted by Gasteiger charge is -2.27. The molecular weight excluding hydrogens is 342 g/mol. The van der Waals surface area contributed by atoms with Crippen LogP contribution in [0.15, 0.2) is 34.1 Å². The van der Waals surface area contributed by atoms with Crippen LogP contribution in [0.3, 0.4) is 0 Å². The lowest BCUT2D eigenvalue weighted by Crippen LogP contribution is -2.35. The lowest BCUT2D eigenvalue weighted by atomic mass is 10.00. The van der Waals surface area contributed by atoms with Gasteiger partial charge in [-0.1, -0.05) is 5.16 Å². The summed E-state index contributed by atoms with van der Waals surface area (Å²) in [5.74, 6) is 1.33. The van der Waals surface area contributed by atoms with Gasteiger partial charge in [-0.2, -0.15) is 0 Å². The first-order valence-corrected chi connectivity index (χ1v) is 9.57. The van der Waals surface area contributed by atoms with Crippen molar-refractivity contribution in [2.45, 2.75) is 31.2 Å². The van der Waals surface area contributed by atoms with Crippen LogP contribution in [-0.4, -0.2) is 46.0 Å². The highest BCUT2D eigenvalue weighted by atomic mass is 32.2. The Morgan fingerprint density at radius 1 is 1.40 bits per heavy atom. The molecule has 0 saturated carbocycles. The number of aromatic nitrogens is 4. The van der Waals surface area contributed by atoms with Gasteiger partial charge in [-0.3, -0.25) is 0 Å². The second-order valence-corrected chi connectivity index (χ2v) is 8.52. The van der Waals surface area contributed by atoms with E-state index < -0.39 is 10.0 Å². The third-order valence-electron chi connectivity index (χ3n) is 4.74. The highest BCUT2D eigenvalue weighted by molar-refractivity contribution is 7.89. The number of aryl methyl sites for hydroxylation is 2. The minimum atomic E-state index is -3.61. The molecule has 0 bridgehead atoms. The normalized spacial score (nSPS) is 18.0. The molecule has 1 atom stereocenters. The van der Waals surface area contributed by atoms with Gasteiger partial charge in [0.1, 0.15) is 10.7 Å². The molecule has 0 N–H and O–H groups in total. The van der Waals surface area contributed by atoms with Gasteiger partial charge in [-0.05, 0) is 25.3 Å². The average molecular weight is 361 g/mol. The fourth-order valence-corrected chi connectivity index (χ4v) is 4.51. The van der Waals surface area contributed by atoms with Crippen LogP contribution in [0.1, 0.15) is 17.9 Å². The second kappa shape index (κ2) is 5.92. The summed E-state index contributed by atoms with van der Waals surface area (Å²) >= 11 is 0. The molecule has 0 aromatic carbocycles. The standard InChI is InChI=1S/C16H19N5O3S/c1-11-14-7-13(8-18-16(14)24-19-11)25(22,23)20(2)9-12-3-4-15-17-5-6-21(15)10-12/h5-8,12H,3-4,9-10H2,1-2H3/t12-/m1/s1. The van der Waals surface area contributed by atoms with Gasteiger partial charge in [0.2, 0.25) is 10.0 Å². The van der Waals surface area contributed by atoms with Gasteiger partial charge in [0.05, 0.1) is 17.3 Å². The molecule has 9 heteroatoms. The third-order valence-corrected chi connectivity index (χ3v) is 6.53. The smallest absolute Gasteiger partial charge is 0.257 e. The van der Waals surface area contributed by atoms with E-state index in [9.17, 15) is 8.42 Å². The molecule has 0 aliphatic carbocycles. The number of fused-ring (bicyclic) bond motifs is 2. The fraction of sp³-hybridized carbons (Fsp3) is 0.438. The quantitative estimate of drug-likeness (QED) is 0.701. The Kier molecular flexibility index (Phi) is 3.84. The van der Waals surface area contributed by atoms with E-state index >= 15 is 0 Å². The summed E-state index contributed by atoms with van der Waals surface area (Å²) in [7, 11) is -2.00. The van der Waals surface area contributed by atoms with E-state index in [1.54, 1.807) is 26.2 Å². The van der Waals surface area contributed by atoms with Crippen LogP contribution in [-0.2, 0) is 23.0 Å². The Bertz CT molecular complexity index is 1020. The third kappa shape index (κ3) is 2.83. The molecular formula is C16H19N5O3S. The molecule has 0 spiro atoms. The van der Waals surface area contributed by atoms with Crippen molar-refractivity contribution in [3.63, 3.8) is 0 Å². The fourth-order valence-electron chi connectivity index (χ4n) is 3.29. The van der Waals surface area contributed by atoms with Gasteiger partial charge in [0.15, 0.2) is 0 Å². The van der Waals surface area contributed by atoms with Crippen molar-refractivity contribution in [1.29, 1.82) is 0 Å². The molecule has 132 valence electrons. The molecule has 0 saturated heterocycles. The number of imidazole rings is 1. The van der Waals surface area contributed by atoms with Crippen molar-refractivity contribution in [3.05, 3.63) is 36.2 Å². The molecule has 0 amide bonds. The molecule has 25 heavy (non-hydrogen) atoms. The SMILES string of the molecule is Cc1noc2ncc(S(=O)(=O)N(C)C[C@H]3CCc4nccn4C3)cc12. The first-order chi connectivity index (χ1) is 11.9. The molecule has 4 rings (SSSR count). The van der Waals surface area contributed by atoms with E-state index in [1.807, 2.05) is 6.20 Å². The van der Waals surface area contributed by atoms with Crippen LogP contribution in [0.4, 0.5) is 0 Å². The van der Waals surface area contributed by atoms with Crippen molar-refractivity contribution in [2.24, 2.45) is 5.92 Å². The van der Waals surface area contributed by atoms with Crippen molar-refractivity contribution in [2.75, 3.05) is 13.6 Å². The van der Waals surface area contributed by atoms with Crippen molar-refractivity contribution < 1.29 is 12.9 Å². The van der Waals surface area contributed by atoms with E-state index in [0.29, 0.717) is 23.3 Å². The van der Waals surface area contributed by atoms with Gasteiger partial charge in [0, 0.05) is 39.0 Å². The summed E-state index contributed by atoms with van der Waals surface area (Å²) in [6.07, 6.45) is 6.87. The molecule has 0 radical (unpaired) electrons. The number of nitrogens with zero attached hydrogens (tertiary/aromatic N) is 5. The number of sulfonamides is 1. The van der Waals surface area contributed by atoms with E-state index in [1.165, 1.54) is 10.5 Å². The van der Waals surface area contributed by atoms with E-state index in [0.717, 1.165) is 25.2 Å². The van der Waals surface area contributed by atoms with E-state index in [4.69, 9.17) is 4.52 Å². The summed E-state index contributed by atoms with van der Waals surface area (Å²) in [5.41, 5.74) is 0.973. The molecule has 3 aromatic rings. The van der Waals surface area contributed by atoms with Crippen LogP contribution in [0, 0.1) is 12.8 Å². The highest BCUT2D eigenvalue weighted by Gasteiger charge is 2.27. The summed E-state index contributed by atoms with van der Waals surface area (Å²) in [6.45, 7) is 3.01. The van der Waals surface area contributed by atoms with Crippen LogP contribution >= 0.6 is 0 Å². The Hall–Kier alpha value is -2.26. The van der Waals surface area contributed by atoms with E-state index in [-0.39, 0.29) is 10.8 Å². The van der Waals surface area contributed by atoms with Crippen molar-refractivity contribution in [1.82, 2.24) is 24.0 Å². The number of hydrogen-bond donors (Lipinski definition) is 0. The zero-order chi connectivity index (χ0) is 17.6. The zero-order valence-corrected chi connectivity index (χ0v) is 14.9. The monoisotopic (exact) mass is 361 g/mol. The van der Waals surface area contributed by atoms with Gasteiger partial charge < -0.3 is 9.09 Å². The first-order valence-electron chi connectivity index (χ1n) is 8.13. The van der Waals surface area contributed by atoms with Crippen molar-refractivity contribution >= 4 is 21.1 Å². The average Bonchev–Trinajstić information content (AvgIpc) is 3.21. The van der Waals surface area contributed by atoms with Gasteiger partial charge >= 0.3 is 0 Å². The minimum absolute atomic E-state index is 0.160. The Morgan fingerprint density at radius 3 is 3.08 bits per heavy atom. The Morgan fingerprint density at radius 2 is 2.24 bits per heavy atom. The molecule has 0 fully saturated rings. The maximum Gasteiger partial charge on any atom is 0.257 e. The zero-order valence-electron chi connectivity index (χ0n) is 14.1. The van der Waals surface area contributed by atoms with E-state index in [2.05, 4.69) is 19.7 Å². The predicted octanol–water partition coefficient (Wildman–Crippen LogP) is 1.61. The maximum absolute atomic E-state index is 12.9. The molecule has 3 aromatic heterocycles. The summed E-state index contributed by atoms with van der Waals surface area (Å²) in [6, 6.07) is 1.58. The Balaban J connectivity index is 1.55. The number of pyridine rings is 1. The summed E-state index contributed by atoms with van der Waals surface area (Å²) in [4.78, 5) is 8.54. The highest BCUT2D eigenvalue weighted by Crippen LogP contribution is 2.24. The summed E-state index contributed by atoms with van der Waals surface area (Å²) in [5, 5.41) is 4.44. The van der Waals surface area contributed by atoms with Gasteiger partial charge in [-0.15, -0.1) is 0 Å². The van der Waals surface area contributed by atoms with Gasteiger partial charge in [0.25, 0.3) is 5.71 Å². The summed E-state index contributed by atoms with van der Waals surface area (Å²) < 4.78 is 34.3. The van der Waals surface area contributed by atoms with Gasteiger partial charge in [-0.25, -0.2) is 22.7 Å². The number of rotatable bonds is 4. The predicted molar refractivity (Wildman–Crippen MR) is 90.4 cm³/mol. The second-order valence-electron chi connectivity index (χ2n) is 6.48. The minimum Gasteiger partial charge on any atom is -0.336 e. The molecule has 4 heterocycles. The van der Waals surface area contributed by atoms with Crippen LogP contribution < -0.4 is 0 Å². The van der Waals surface area contributed by atoms with Crippen LogP contribution in [0.5, 0.6) is 0 Å². The molecule has 1 aliphatic rings. The van der Waals surface area contributed by atoms with Crippen molar-refractivity contribution in [3.8, 4) is 0 Å². The molecule has 8 nitrogen and oxygen atoms in total. The maximum atomic E-state index is 12.9. The lowest BCUT2D eigenvalue weighted by molar-refractivity contribution is 0.303. The first kappa shape index (κ1) is 16.2.